The molecule has 0 aromatic heterocycles. The molecule has 1 heterocycles. The summed E-state index contributed by atoms with van der Waals surface area (Å²) in [6.07, 6.45) is 1.69. The summed E-state index contributed by atoms with van der Waals surface area (Å²) >= 11 is 0. The molecule has 3 atom stereocenters. The van der Waals surface area contributed by atoms with Gasteiger partial charge < -0.3 is 10.0 Å². The third-order valence-electron chi connectivity index (χ3n) is 4.86. The zero-order valence-corrected chi connectivity index (χ0v) is 13.9. The zero-order valence-electron chi connectivity index (χ0n) is 13.1. The van der Waals surface area contributed by atoms with E-state index in [0.29, 0.717) is 24.3 Å². The van der Waals surface area contributed by atoms with E-state index < -0.39 is 10.0 Å². The van der Waals surface area contributed by atoms with Crippen molar-refractivity contribution in [2.75, 3.05) is 23.6 Å². The van der Waals surface area contributed by atoms with Gasteiger partial charge in [-0.15, -0.1) is 0 Å². The smallest absolute Gasteiger partial charge is 0.253 e. The van der Waals surface area contributed by atoms with Crippen molar-refractivity contribution < 1.29 is 18.3 Å². The Morgan fingerprint density at radius 3 is 2.30 bits per heavy atom. The lowest BCUT2D eigenvalue weighted by Crippen LogP contribution is -2.47. The van der Waals surface area contributed by atoms with Gasteiger partial charge in [-0.2, -0.15) is 0 Å². The molecule has 2 bridgehead atoms. The number of nitrogens with one attached hydrogen (secondary N) is 1. The first kappa shape index (κ1) is 16.3. The fourth-order valence-corrected chi connectivity index (χ4v) is 4.11. The third kappa shape index (κ3) is 3.35. The van der Waals surface area contributed by atoms with E-state index in [2.05, 4.69) is 4.72 Å². The second kappa shape index (κ2) is 6.13. The molecular formula is C16H22N2O4S. The zero-order chi connectivity index (χ0) is 16.6. The summed E-state index contributed by atoms with van der Waals surface area (Å²) in [5.41, 5.74) is 0.998. The predicted octanol–water partition coefficient (Wildman–Crippen LogP) is 1.29. The van der Waals surface area contributed by atoms with Crippen molar-refractivity contribution >= 4 is 21.6 Å². The number of benzene rings is 1. The lowest BCUT2D eigenvalue weighted by molar-refractivity contribution is 0.0166. The number of amides is 1. The fourth-order valence-electron chi connectivity index (χ4n) is 3.47. The summed E-state index contributed by atoms with van der Waals surface area (Å²) in [5, 5.41) is 10.0. The standard InChI is InChI=1S/C16H22N2O4S/c1-2-23(21,22)17-14-7-5-11(6-8-14)16(20)18-9-12-3-4-13(10-18)15(12)19/h5-8,12-13,15,17,19H,2-4,9-10H2,1H3/t12-,13+,15?. The SMILES string of the molecule is CCS(=O)(=O)Nc1ccc(C(=O)N2C[C@H]3CC[C@@H](C2)C3O)cc1. The number of fused-ring (bicyclic) bond motifs is 2. The van der Waals surface area contributed by atoms with Gasteiger partial charge in [0.1, 0.15) is 0 Å². The number of carbonyl (C=O) groups excluding carboxylic acids is 1. The molecule has 1 aliphatic carbocycles. The van der Waals surface area contributed by atoms with Gasteiger partial charge in [0, 0.05) is 36.2 Å². The maximum absolute atomic E-state index is 12.6. The van der Waals surface area contributed by atoms with Gasteiger partial charge in [-0.05, 0) is 44.0 Å². The van der Waals surface area contributed by atoms with E-state index in [1.165, 1.54) is 0 Å². The number of sulfonamides is 1. The van der Waals surface area contributed by atoms with Crippen molar-refractivity contribution in [2.45, 2.75) is 25.9 Å². The first-order chi connectivity index (χ1) is 10.9. The number of hydrogen-bond acceptors (Lipinski definition) is 4. The number of hydrogen-bond donors (Lipinski definition) is 2. The summed E-state index contributed by atoms with van der Waals surface area (Å²) in [6, 6.07) is 6.49. The number of anilines is 1. The van der Waals surface area contributed by atoms with Crippen LogP contribution in [0.2, 0.25) is 0 Å². The minimum atomic E-state index is -3.31. The molecule has 23 heavy (non-hydrogen) atoms. The number of nitrogens with zero attached hydrogens (tertiary/aromatic N) is 1. The fraction of sp³-hybridized carbons (Fsp3) is 0.562. The molecule has 0 spiro atoms. The molecule has 2 N–H and O–H groups in total. The van der Waals surface area contributed by atoms with E-state index in [4.69, 9.17) is 0 Å². The molecule has 1 aliphatic heterocycles. The number of aliphatic hydroxyl groups excluding tert-OH is 1. The molecular weight excluding hydrogens is 316 g/mol. The van der Waals surface area contributed by atoms with Gasteiger partial charge in [-0.1, -0.05) is 0 Å². The average molecular weight is 338 g/mol. The van der Waals surface area contributed by atoms with E-state index in [-0.39, 0.29) is 29.6 Å². The Bertz CT molecular complexity index is 673. The van der Waals surface area contributed by atoms with E-state index in [0.717, 1.165) is 12.8 Å². The van der Waals surface area contributed by atoms with Crippen LogP contribution in [0.1, 0.15) is 30.1 Å². The molecule has 1 aromatic rings. The molecule has 6 nitrogen and oxygen atoms in total. The van der Waals surface area contributed by atoms with Gasteiger partial charge in [0.2, 0.25) is 10.0 Å². The molecule has 1 saturated heterocycles. The van der Waals surface area contributed by atoms with Gasteiger partial charge >= 0.3 is 0 Å². The quantitative estimate of drug-likeness (QED) is 0.866. The van der Waals surface area contributed by atoms with Crippen LogP contribution >= 0.6 is 0 Å². The van der Waals surface area contributed by atoms with Crippen LogP contribution in [0.25, 0.3) is 0 Å². The Kier molecular flexibility index (Phi) is 4.33. The monoisotopic (exact) mass is 338 g/mol. The van der Waals surface area contributed by atoms with Crippen LogP contribution in [0, 0.1) is 11.8 Å². The molecule has 1 saturated carbocycles. The van der Waals surface area contributed by atoms with Crippen molar-refractivity contribution in [1.82, 2.24) is 4.90 Å². The highest BCUT2D eigenvalue weighted by Crippen LogP contribution is 2.37. The normalized spacial score (nSPS) is 27.0. The lowest BCUT2D eigenvalue weighted by atomic mass is 9.94. The van der Waals surface area contributed by atoms with E-state index in [9.17, 15) is 18.3 Å². The van der Waals surface area contributed by atoms with Crippen LogP contribution in [0.4, 0.5) is 5.69 Å². The highest BCUT2D eigenvalue weighted by molar-refractivity contribution is 7.92. The number of piperidine rings is 1. The Hall–Kier alpha value is -1.60. The number of likely N-dealkylation sites (tertiary alicyclic amines) is 1. The second-order valence-electron chi connectivity index (χ2n) is 6.38. The minimum Gasteiger partial charge on any atom is -0.392 e. The molecule has 0 radical (unpaired) electrons. The van der Waals surface area contributed by atoms with Gasteiger partial charge in [-0.3, -0.25) is 9.52 Å². The van der Waals surface area contributed by atoms with Crippen molar-refractivity contribution in [3.8, 4) is 0 Å². The average Bonchev–Trinajstić information content (AvgIpc) is 2.76. The van der Waals surface area contributed by atoms with Crippen molar-refractivity contribution in [1.29, 1.82) is 0 Å². The van der Waals surface area contributed by atoms with E-state index in [1.54, 1.807) is 36.1 Å². The van der Waals surface area contributed by atoms with Crippen LogP contribution in [0.3, 0.4) is 0 Å². The maximum atomic E-state index is 12.6. The molecule has 7 heteroatoms. The summed E-state index contributed by atoms with van der Waals surface area (Å²) in [4.78, 5) is 14.4. The second-order valence-corrected chi connectivity index (χ2v) is 8.39. The molecule has 1 aromatic carbocycles. The Balaban J connectivity index is 1.69. The minimum absolute atomic E-state index is 0.00651. The molecule has 2 fully saturated rings. The summed E-state index contributed by atoms with van der Waals surface area (Å²) in [5.74, 6) is 0.326. The van der Waals surface area contributed by atoms with Crippen molar-refractivity contribution in [3.63, 3.8) is 0 Å². The first-order valence-electron chi connectivity index (χ1n) is 7.97. The Morgan fingerprint density at radius 1 is 1.22 bits per heavy atom. The van der Waals surface area contributed by atoms with Crippen molar-refractivity contribution in [2.24, 2.45) is 11.8 Å². The topological polar surface area (TPSA) is 86.7 Å². The number of rotatable bonds is 4. The van der Waals surface area contributed by atoms with Crippen molar-refractivity contribution in [3.05, 3.63) is 29.8 Å². The first-order valence-corrected chi connectivity index (χ1v) is 9.62. The van der Waals surface area contributed by atoms with Gasteiger partial charge in [0.15, 0.2) is 0 Å². The molecule has 1 unspecified atom stereocenters. The lowest BCUT2D eigenvalue weighted by Gasteiger charge is -2.35. The van der Waals surface area contributed by atoms with Gasteiger partial charge in [0.05, 0.1) is 11.9 Å². The predicted molar refractivity (Wildman–Crippen MR) is 87.6 cm³/mol. The van der Waals surface area contributed by atoms with Crippen LogP contribution in [-0.2, 0) is 10.0 Å². The van der Waals surface area contributed by atoms with Crippen LogP contribution in [0.5, 0.6) is 0 Å². The van der Waals surface area contributed by atoms with E-state index in [1.807, 2.05) is 0 Å². The Morgan fingerprint density at radius 2 is 1.78 bits per heavy atom. The summed E-state index contributed by atoms with van der Waals surface area (Å²) in [7, 11) is -3.31. The van der Waals surface area contributed by atoms with Gasteiger partial charge in [-0.25, -0.2) is 8.42 Å². The maximum Gasteiger partial charge on any atom is 0.253 e. The highest BCUT2D eigenvalue weighted by Gasteiger charge is 2.42. The molecule has 126 valence electrons. The van der Waals surface area contributed by atoms with Gasteiger partial charge in [0.25, 0.3) is 5.91 Å². The molecule has 3 rings (SSSR count). The van der Waals surface area contributed by atoms with Crippen LogP contribution in [0.15, 0.2) is 24.3 Å². The Labute approximate surface area is 136 Å². The third-order valence-corrected chi connectivity index (χ3v) is 6.16. The highest BCUT2D eigenvalue weighted by atomic mass is 32.2. The van der Waals surface area contributed by atoms with Crippen LogP contribution in [-0.4, -0.2) is 49.3 Å². The van der Waals surface area contributed by atoms with Crippen LogP contribution < -0.4 is 4.72 Å². The summed E-state index contributed by atoms with van der Waals surface area (Å²) in [6.45, 7) is 2.76. The molecule has 2 aliphatic rings. The number of carbonyl (C=O) groups is 1. The van der Waals surface area contributed by atoms with E-state index >= 15 is 0 Å². The molecule has 1 amide bonds. The summed E-state index contributed by atoms with van der Waals surface area (Å²) < 4.78 is 25.5. The largest absolute Gasteiger partial charge is 0.392 e. The number of aliphatic hydroxyl groups is 1.